The van der Waals surface area contributed by atoms with Crippen LogP contribution in [-0.4, -0.2) is 30.9 Å². The minimum atomic E-state index is -0.894. The molecular weight excluding hydrogens is 416 g/mol. The summed E-state index contributed by atoms with van der Waals surface area (Å²) in [6, 6.07) is 8.95. The van der Waals surface area contributed by atoms with E-state index in [0.29, 0.717) is 24.0 Å². The number of ether oxygens (including phenoxy) is 2. The van der Waals surface area contributed by atoms with Crippen LogP contribution in [-0.2, 0) is 19.1 Å². The Bertz CT molecular complexity index is 1010. The van der Waals surface area contributed by atoms with Crippen molar-refractivity contribution in [2.75, 3.05) is 7.11 Å². The van der Waals surface area contributed by atoms with Gasteiger partial charge in [-0.25, -0.2) is 4.79 Å². The first-order chi connectivity index (χ1) is 15.7. The van der Waals surface area contributed by atoms with Crippen molar-refractivity contribution in [3.8, 4) is 0 Å². The molecule has 5 fully saturated rings. The Labute approximate surface area is 195 Å². The fourth-order valence-electron chi connectivity index (χ4n) is 8.23. The lowest BCUT2D eigenvalue weighted by atomic mass is 9.35. The van der Waals surface area contributed by atoms with Crippen LogP contribution in [0, 0.1) is 34.0 Å². The second-order valence-electron chi connectivity index (χ2n) is 11.3. The number of benzene rings is 1. The summed E-state index contributed by atoms with van der Waals surface area (Å²) < 4.78 is 11.7. The Morgan fingerprint density at radius 1 is 1.03 bits per heavy atom. The van der Waals surface area contributed by atoms with Crippen LogP contribution in [0.2, 0.25) is 0 Å². The molecule has 6 rings (SSSR count). The monoisotopic (exact) mass is 450 g/mol. The van der Waals surface area contributed by atoms with E-state index < -0.39 is 22.9 Å². The lowest BCUT2D eigenvalue weighted by molar-refractivity contribution is -0.227. The van der Waals surface area contributed by atoms with Crippen molar-refractivity contribution in [3.05, 3.63) is 48.0 Å². The minimum absolute atomic E-state index is 0.00553. The lowest BCUT2D eigenvalue weighted by Gasteiger charge is -2.67. The van der Waals surface area contributed by atoms with Gasteiger partial charge in [0.2, 0.25) is 0 Å². The average Bonchev–Trinajstić information content (AvgIpc) is 2.82. The van der Waals surface area contributed by atoms with Gasteiger partial charge in [0.1, 0.15) is 6.10 Å². The number of Topliss-reactive ketones (excluding diaryl/α,β-unsaturated/α-hetero) is 1. The number of hydrogen-bond donors (Lipinski definition) is 0. The van der Waals surface area contributed by atoms with Gasteiger partial charge in [-0.2, -0.15) is 0 Å². The normalized spacial score (nSPS) is 38.8. The largest absolute Gasteiger partial charge is 0.469 e. The van der Waals surface area contributed by atoms with Crippen LogP contribution in [0.25, 0.3) is 0 Å². The number of methoxy groups -OCH3 is 1. The molecule has 6 atom stereocenters. The van der Waals surface area contributed by atoms with Gasteiger partial charge in [-0.15, -0.1) is 0 Å². The first-order valence-corrected chi connectivity index (χ1v) is 12.3. The number of rotatable bonds is 3. The lowest BCUT2D eigenvalue weighted by Crippen LogP contribution is -2.71. The summed E-state index contributed by atoms with van der Waals surface area (Å²) >= 11 is 0. The van der Waals surface area contributed by atoms with Crippen LogP contribution in [0.1, 0.15) is 69.2 Å². The number of esters is 2. The van der Waals surface area contributed by atoms with Crippen molar-refractivity contribution in [3.63, 3.8) is 0 Å². The number of hydrogen-bond acceptors (Lipinski definition) is 5. The molecule has 0 aromatic heterocycles. The van der Waals surface area contributed by atoms with Crippen LogP contribution in [0.15, 0.2) is 42.5 Å². The van der Waals surface area contributed by atoms with Crippen molar-refractivity contribution in [2.45, 2.75) is 64.9 Å². The summed E-state index contributed by atoms with van der Waals surface area (Å²) in [7, 11) is 1.46. The molecule has 0 N–H and O–H groups in total. The summed E-state index contributed by atoms with van der Waals surface area (Å²) in [4.78, 5) is 40.7. The molecule has 5 heteroatoms. The molecule has 5 saturated carbocycles. The van der Waals surface area contributed by atoms with Crippen LogP contribution < -0.4 is 0 Å². The molecule has 0 aliphatic heterocycles. The third kappa shape index (κ3) is 2.93. The van der Waals surface area contributed by atoms with Gasteiger partial charge in [0.15, 0.2) is 5.78 Å². The van der Waals surface area contributed by atoms with Crippen molar-refractivity contribution in [1.29, 1.82) is 0 Å². The summed E-state index contributed by atoms with van der Waals surface area (Å²) in [5.74, 6) is -0.703. The maximum Gasteiger partial charge on any atom is 0.338 e. The number of ketones is 1. The smallest absolute Gasteiger partial charge is 0.338 e. The van der Waals surface area contributed by atoms with E-state index in [1.54, 1.807) is 12.1 Å². The van der Waals surface area contributed by atoms with Gasteiger partial charge >= 0.3 is 11.9 Å². The molecule has 1 aromatic rings. The van der Waals surface area contributed by atoms with Crippen LogP contribution in [0.4, 0.5) is 0 Å². The third-order valence-corrected chi connectivity index (χ3v) is 9.70. The fourth-order valence-corrected chi connectivity index (χ4v) is 8.23. The molecule has 0 amide bonds. The Morgan fingerprint density at radius 2 is 1.76 bits per heavy atom. The van der Waals surface area contributed by atoms with E-state index in [1.807, 2.05) is 18.2 Å². The predicted molar refractivity (Wildman–Crippen MR) is 123 cm³/mol. The Kier molecular flexibility index (Phi) is 5.11. The van der Waals surface area contributed by atoms with Gasteiger partial charge in [-0.1, -0.05) is 45.0 Å². The minimum Gasteiger partial charge on any atom is -0.469 e. The fraction of sp³-hybridized carbons (Fsp3) is 0.607. The van der Waals surface area contributed by atoms with Gasteiger partial charge in [0.05, 0.1) is 23.5 Å². The molecule has 3 unspecified atom stereocenters. The van der Waals surface area contributed by atoms with E-state index in [1.165, 1.54) is 7.11 Å². The molecular formula is C28H34O5. The molecule has 1 spiro atoms. The number of allylic oxidation sites excluding steroid dienone is 1. The van der Waals surface area contributed by atoms with Crippen molar-refractivity contribution in [2.24, 2.45) is 34.0 Å². The predicted octanol–water partition coefficient (Wildman–Crippen LogP) is 5.14. The Balaban J connectivity index is 1.65. The highest BCUT2D eigenvalue weighted by Gasteiger charge is 2.74. The molecule has 2 bridgehead atoms. The zero-order chi connectivity index (χ0) is 23.6. The molecule has 5 aliphatic carbocycles. The quantitative estimate of drug-likeness (QED) is 0.471. The second kappa shape index (κ2) is 7.54. The molecule has 5 aliphatic rings. The highest BCUT2D eigenvalue weighted by atomic mass is 16.5. The zero-order valence-corrected chi connectivity index (χ0v) is 19.9. The molecule has 33 heavy (non-hydrogen) atoms. The third-order valence-electron chi connectivity index (χ3n) is 9.70. The highest BCUT2D eigenvalue weighted by molar-refractivity contribution is 6.03. The molecule has 176 valence electrons. The van der Waals surface area contributed by atoms with E-state index >= 15 is 0 Å². The van der Waals surface area contributed by atoms with E-state index in [0.717, 1.165) is 32.1 Å². The van der Waals surface area contributed by atoms with Crippen LogP contribution >= 0.6 is 0 Å². The molecule has 0 heterocycles. The molecule has 0 radical (unpaired) electrons. The second-order valence-corrected chi connectivity index (χ2v) is 11.3. The zero-order valence-electron chi connectivity index (χ0n) is 19.9. The Morgan fingerprint density at radius 3 is 2.45 bits per heavy atom. The Hall–Kier alpha value is -2.43. The van der Waals surface area contributed by atoms with Crippen LogP contribution in [0.3, 0.4) is 0 Å². The number of carbonyl (C=O) groups excluding carboxylic acids is 3. The standard InChI is InChI=1S/C28H34O5/c1-17-19-11-14-28(23(17)29)21(15-19)27(25(31)32-4)13-8-12-26(2,3)20(27)16-22(28)33-24(30)18-9-6-5-7-10-18/h5-7,9-10,19-22H,1,8,11-16H2,2-4H3/t19-,20?,21?,22+,27?,28+/m0/s1. The summed E-state index contributed by atoms with van der Waals surface area (Å²) in [5.41, 5.74) is -0.613. The van der Waals surface area contributed by atoms with Crippen LogP contribution in [0.5, 0.6) is 0 Å². The SMILES string of the molecule is C=C1C(=O)[C@]23CC[C@H]1CC2C1(C(=O)OC)CCCC(C)(C)C1C[C@H]3OC(=O)c1ccccc1. The summed E-state index contributed by atoms with van der Waals surface area (Å²) in [6.07, 6.45) is 4.82. The van der Waals surface area contributed by atoms with Gasteiger partial charge in [-0.05, 0) is 79.4 Å². The highest BCUT2D eigenvalue weighted by Crippen LogP contribution is 2.71. The van der Waals surface area contributed by atoms with Gasteiger partial charge in [0, 0.05) is 0 Å². The van der Waals surface area contributed by atoms with Gasteiger partial charge in [0.25, 0.3) is 0 Å². The summed E-state index contributed by atoms with van der Waals surface area (Å²) in [6.45, 7) is 8.58. The first-order valence-electron chi connectivity index (χ1n) is 12.3. The van der Waals surface area contributed by atoms with E-state index in [4.69, 9.17) is 9.47 Å². The number of carbonyl (C=O) groups is 3. The molecule has 5 nitrogen and oxygen atoms in total. The maximum atomic E-state index is 13.9. The molecule has 1 aromatic carbocycles. The van der Waals surface area contributed by atoms with Crippen molar-refractivity contribution in [1.82, 2.24) is 0 Å². The van der Waals surface area contributed by atoms with E-state index in [9.17, 15) is 14.4 Å². The number of fused-ring (bicyclic) bond motifs is 3. The topological polar surface area (TPSA) is 69.7 Å². The van der Waals surface area contributed by atoms with Crippen molar-refractivity contribution >= 4 is 17.7 Å². The van der Waals surface area contributed by atoms with Gasteiger partial charge < -0.3 is 9.47 Å². The van der Waals surface area contributed by atoms with E-state index in [2.05, 4.69) is 20.4 Å². The average molecular weight is 451 g/mol. The van der Waals surface area contributed by atoms with Gasteiger partial charge in [-0.3, -0.25) is 9.59 Å². The maximum absolute atomic E-state index is 13.9. The first kappa shape index (κ1) is 22.4. The van der Waals surface area contributed by atoms with Crippen molar-refractivity contribution < 1.29 is 23.9 Å². The summed E-state index contributed by atoms with van der Waals surface area (Å²) in [5, 5.41) is 0. The molecule has 0 saturated heterocycles. The van der Waals surface area contributed by atoms with E-state index in [-0.39, 0.29) is 34.9 Å².